The topological polar surface area (TPSA) is 51.2 Å². The summed E-state index contributed by atoms with van der Waals surface area (Å²) in [6.45, 7) is 0.609. The second-order valence-corrected chi connectivity index (χ2v) is 4.68. The minimum absolute atomic E-state index is 0.0848. The largest absolute Gasteiger partial charge is 0.497 e. The number of carbonyl (C=O) groups is 1. The van der Waals surface area contributed by atoms with Crippen molar-refractivity contribution in [2.24, 2.45) is 0 Å². The molecule has 1 heterocycles. The zero-order valence-electron chi connectivity index (χ0n) is 10.1. The molecule has 0 radical (unpaired) electrons. The predicted molar refractivity (Wildman–Crippen MR) is 71.1 cm³/mol. The summed E-state index contributed by atoms with van der Waals surface area (Å²) in [7, 11) is 1.58. The second-order valence-electron chi connectivity index (χ2n) is 3.71. The van der Waals surface area contributed by atoms with Gasteiger partial charge in [-0.25, -0.2) is 0 Å². The van der Waals surface area contributed by atoms with Crippen LogP contribution < -0.4 is 10.1 Å². The van der Waals surface area contributed by atoms with E-state index in [2.05, 4.69) is 10.3 Å². The van der Waals surface area contributed by atoms with Crippen molar-refractivity contribution in [2.45, 2.75) is 6.42 Å². The number of ether oxygens (including phenoxy) is 1. The summed E-state index contributed by atoms with van der Waals surface area (Å²) >= 11 is 1.59. The molecule has 2 rings (SSSR count). The van der Waals surface area contributed by atoms with Gasteiger partial charge in [0, 0.05) is 29.6 Å². The lowest BCUT2D eigenvalue weighted by Gasteiger charge is -2.05. The predicted octanol–water partition coefficient (Wildman–Crippen LogP) is 2.12. The number of nitrogens with one attached hydrogen (secondary N) is 1. The minimum atomic E-state index is -0.0848. The molecular formula is C13H14N2O2S. The van der Waals surface area contributed by atoms with Crippen molar-refractivity contribution in [3.63, 3.8) is 0 Å². The summed E-state index contributed by atoms with van der Waals surface area (Å²) < 4.78 is 5.08. The molecular weight excluding hydrogens is 248 g/mol. The summed E-state index contributed by atoms with van der Waals surface area (Å²) in [6.07, 6.45) is 2.63. The molecule has 2 aromatic rings. The fourth-order valence-corrected chi connectivity index (χ4v) is 2.13. The van der Waals surface area contributed by atoms with Crippen molar-refractivity contribution in [3.8, 4) is 5.75 Å². The maximum atomic E-state index is 11.9. The van der Waals surface area contributed by atoms with E-state index in [0.29, 0.717) is 17.9 Å². The van der Waals surface area contributed by atoms with Crippen LogP contribution in [0.4, 0.5) is 0 Å². The number of rotatable bonds is 5. The Morgan fingerprint density at radius 1 is 1.50 bits per heavy atom. The standard InChI is InChI=1S/C13H14N2O2S/c1-17-11-4-2-3-10(7-11)13(16)15-6-5-12-8-14-9-18-12/h2-4,7-9H,5-6H2,1H3,(H,15,16). The molecule has 0 saturated heterocycles. The number of thiazole rings is 1. The van der Waals surface area contributed by atoms with Crippen LogP contribution in [0.1, 0.15) is 15.2 Å². The fourth-order valence-electron chi connectivity index (χ4n) is 1.53. The first kappa shape index (κ1) is 12.6. The Labute approximate surface area is 110 Å². The lowest BCUT2D eigenvalue weighted by Crippen LogP contribution is -2.25. The van der Waals surface area contributed by atoms with E-state index in [-0.39, 0.29) is 5.91 Å². The van der Waals surface area contributed by atoms with Crippen molar-refractivity contribution >= 4 is 17.2 Å². The van der Waals surface area contributed by atoms with E-state index >= 15 is 0 Å². The molecule has 0 spiro atoms. The molecule has 0 fully saturated rings. The number of carbonyl (C=O) groups excluding carboxylic acids is 1. The highest BCUT2D eigenvalue weighted by Gasteiger charge is 2.06. The lowest BCUT2D eigenvalue weighted by atomic mass is 10.2. The van der Waals surface area contributed by atoms with Gasteiger partial charge in [-0.3, -0.25) is 9.78 Å². The van der Waals surface area contributed by atoms with Crippen LogP contribution >= 0.6 is 11.3 Å². The van der Waals surface area contributed by atoms with E-state index in [9.17, 15) is 4.79 Å². The number of methoxy groups -OCH3 is 1. The molecule has 18 heavy (non-hydrogen) atoms. The first-order valence-corrected chi connectivity index (χ1v) is 6.47. The first-order valence-electron chi connectivity index (χ1n) is 5.59. The van der Waals surface area contributed by atoms with Gasteiger partial charge < -0.3 is 10.1 Å². The summed E-state index contributed by atoms with van der Waals surface area (Å²) in [4.78, 5) is 17.0. The molecule has 0 bridgehead atoms. The van der Waals surface area contributed by atoms with Crippen LogP contribution in [-0.2, 0) is 6.42 Å². The molecule has 0 unspecified atom stereocenters. The SMILES string of the molecule is COc1cccc(C(=O)NCCc2cncs2)c1. The van der Waals surface area contributed by atoms with Gasteiger partial charge in [0.2, 0.25) is 0 Å². The second kappa shape index (κ2) is 6.16. The molecule has 1 aromatic heterocycles. The highest BCUT2D eigenvalue weighted by atomic mass is 32.1. The molecule has 4 nitrogen and oxygen atoms in total. The van der Waals surface area contributed by atoms with Gasteiger partial charge in [-0.05, 0) is 18.2 Å². The fraction of sp³-hybridized carbons (Fsp3) is 0.231. The Balaban J connectivity index is 1.87. The number of nitrogens with zero attached hydrogens (tertiary/aromatic N) is 1. The highest BCUT2D eigenvalue weighted by Crippen LogP contribution is 2.12. The third-order valence-corrected chi connectivity index (χ3v) is 3.31. The minimum Gasteiger partial charge on any atom is -0.497 e. The Bertz CT molecular complexity index is 511. The van der Waals surface area contributed by atoms with Gasteiger partial charge in [-0.2, -0.15) is 0 Å². The number of amides is 1. The number of hydrogen-bond donors (Lipinski definition) is 1. The molecule has 0 aliphatic heterocycles. The van der Waals surface area contributed by atoms with Crippen molar-refractivity contribution < 1.29 is 9.53 Å². The first-order chi connectivity index (χ1) is 8.79. The monoisotopic (exact) mass is 262 g/mol. The van der Waals surface area contributed by atoms with Crippen LogP contribution in [0.15, 0.2) is 36.0 Å². The van der Waals surface area contributed by atoms with Crippen molar-refractivity contribution in [2.75, 3.05) is 13.7 Å². The Morgan fingerprint density at radius 3 is 3.11 bits per heavy atom. The van der Waals surface area contributed by atoms with Gasteiger partial charge >= 0.3 is 0 Å². The zero-order valence-corrected chi connectivity index (χ0v) is 10.9. The van der Waals surface area contributed by atoms with Crippen LogP contribution in [0.3, 0.4) is 0 Å². The Kier molecular flexibility index (Phi) is 4.30. The van der Waals surface area contributed by atoms with Gasteiger partial charge in [0.1, 0.15) is 5.75 Å². The van der Waals surface area contributed by atoms with E-state index in [0.717, 1.165) is 6.42 Å². The molecule has 0 atom stereocenters. The van der Waals surface area contributed by atoms with Crippen molar-refractivity contribution in [1.29, 1.82) is 0 Å². The van der Waals surface area contributed by atoms with Crippen molar-refractivity contribution in [1.82, 2.24) is 10.3 Å². The van der Waals surface area contributed by atoms with E-state index in [1.807, 2.05) is 12.3 Å². The average molecular weight is 262 g/mol. The van der Waals surface area contributed by atoms with Crippen LogP contribution in [0.25, 0.3) is 0 Å². The molecule has 1 aromatic carbocycles. The zero-order chi connectivity index (χ0) is 12.8. The number of benzene rings is 1. The average Bonchev–Trinajstić information content (AvgIpc) is 2.92. The summed E-state index contributed by atoms with van der Waals surface area (Å²) in [6, 6.07) is 7.11. The van der Waals surface area contributed by atoms with Crippen LogP contribution in [0.5, 0.6) is 5.75 Å². The van der Waals surface area contributed by atoms with Gasteiger partial charge in [0.15, 0.2) is 0 Å². The third-order valence-electron chi connectivity index (χ3n) is 2.47. The van der Waals surface area contributed by atoms with E-state index < -0.39 is 0 Å². The van der Waals surface area contributed by atoms with Gasteiger partial charge in [0.05, 0.1) is 12.6 Å². The molecule has 1 N–H and O–H groups in total. The molecule has 0 aliphatic carbocycles. The highest BCUT2D eigenvalue weighted by molar-refractivity contribution is 7.09. The summed E-state index contributed by atoms with van der Waals surface area (Å²) in [5.41, 5.74) is 2.40. The third kappa shape index (κ3) is 3.30. The maximum Gasteiger partial charge on any atom is 0.251 e. The number of aromatic nitrogens is 1. The molecule has 5 heteroatoms. The lowest BCUT2D eigenvalue weighted by molar-refractivity contribution is 0.0954. The molecule has 94 valence electrons. The van der Waals surface area contributed by atoms with E-state index in [1.54, 1.807) is 42.2 Å². The van der Waals surface area contributed by atoms with Crippen molar-refractivity contribution in [3.05, 3.63) is 46.4 Å². The van der Waals surface area contributed by atoms with E-state index in [4.69, 9.17) is 4.74 Å². The van der Waals surface area contributed by atoms with Gasteiger partial charge in [-0.1, -0.05) is 6.07 Å². The quantitative estimate of drug-likeness (QED) is 0.898. The molecule has 0 saturated carbocycles. The van der Waals surface area contributed by atoms with Crippen LogP contribution in [0, 0.1) is 0 Å². The summed E-state index contributed by atoms with van der Waals surface area (Å²) in [5.74, 6) is 0.600. The maximum absolute atomic E-state index is 11.9. The number of hydrogen-bond acceptors (Lipinski definition) is 4. The van der Waals surface area contributed by atoms with Crippen LogP contribution in [-0.4, -0.2) is 24.5 Å². The summed E-state index contributed by atoms with van der Waals surface area (Å²) in [5, 5.41) is 2.87. The normalized spacial score (nSPS) is 10.1. The Morgan fingerprint density at radius 2 is 2.39 bits per heavy atom. The Hall–Kier alpha value is -1.88. The molecule has 1 amide bonds. The van der Waals surface area contributed by atoms with Gasteiger partial charge in [0.25, 0.3) is 5.91 Å². The smallest absolute Gasteiger partial charge is 0.251 e. The van der Waals surface area contributed by atoms with Crippen LogP contribution in [0.2, 0.25) is 0 Å². The molecule has 0 aliphatic rings. The van der Waals surface area contributed by atoms with E-state index in [1.165, 1.54) is 4.88 Å². The van der Waals surface area contributed by atoms with Gasteiger partial charge in [-0.15, -0.1) is 11.3 Å².